The number of nitrogens with two attached hydrogens (primary N) is 1. The van der Waals surface area contributed by atoms with Gasteiger partial charge in [0.25, 0.3) is 0 Å². The van der Waals surface area contributed by atoms with Crippen LogP contribution in [0.25, 0.3) is 11.4 Å². The number of hydrogen-bond donors (Lipinski definition) is 1. The SMILES string of the molecule is CC(=O)OC[C@@H]1O[C@H](Sc2nnc(-c3ccccc3)n2N)[C@H](OC(C)=O)[C@H](OC(C)=O)[C@H]1OC(C)=O. The first-order valence-electron chi connectivity index (χ1n) is 10.8. The van der Waals surface area contributed by atoms with Crippen LogP contribution in [0.3, 0.4) is 0 Å². The second-order valence-corrected chi connectivity index (χ2v) is 8.79. The maximum Gasteiger partial charge on any atom is 0.303 e. The molecular weight excluding hydrogens is 496 g/mol. The Kier molecular flexibility index (Phi) is 8.88. The standard InChI is InChI=1S/C22H26N4O9S/c1-11(27)31-10-16-17(32-12(2)28)18(33-13(3)29)19(34-14(4)30)21(35-16)36-22-25-24-20(26(22)23)15-8-6-5-7-9-15/h5-9,16-19,21H,10,23H2,1-4H3/t16-,17-,18+,19+,21+/m0/s1. The molecule has 2 heterocycles. The van der Waals surface area contributed by atoms with Crippen molar-refractivity contribution in [2.24, 2.45) is 0 Å². The number of nitrogen functional groups attached to an aromatic ring is 1. The summed E-state index contributed by atoms with van der Waals surface area (Å²) < 4.78 is 28.6. The Bertz CT molecular complexity index is 1110. The highest BCUT2D eigenvalue weighted by Gasteiger charge is 2.52. The number of benzene rings is 1. The highest BCUT2D eigenvalue weighted by molar-refractivity contribution is 7.99. The molecular formula is C22H26N4O9S. The minimum absolute atomic E-state index is 0.190. The van der Waals surface area contributed by atoms with Gasteiger partial charge in [-0.1, -0.05) is 30.3 Å². The summed E-state index contributed by atoms with van der Waals surface area (Å²) in [6.45, 7) is 4.33. The molecule has 194 valence electrons. The first kappa shape index (κ1) is 26.9. The maximum atomic E-state index is 12.0. The van der Waals surface area contributed by atoms with E-state index in [4.69, 9.17) is 29.5 Å². The molecule has 0 unspecified atom stereocenters. The van der Waals surface area contributed by atoms with E-state index in [9.17, 15) is 19.2 Å². The van der Waals surface area contributed by atoms with Crippen molar-refractivity contribution in [3.05, 3.63) is 30.3 Å². The van der Waals surface area contributed by atoms with Crippen molar-refractivity contribution in [3.63, 3.8) is 0 Å². The third-order valence-corrected chi connectivity index (χ3v) is 5.97. The number of nitrogens with zero attached hydrogens (tertiary/aromatic N) is 3. The number of esters is 4. The molecule has 1 fully saturated rings. The molecule has 1 saturated heterocycles. The summed E-state index contributed by atoms with van der Waals surface area (Å²) in [7, 11) is 0. The number of carbonyl (C=O) groups excluding carboxylic acids is 4. The van der Waals surface area contributed by atoms with E-state index in [1.54, 1.807) is 12.1 Å². The smallest absolute Gasteiger partial charge is 0.303 e. The van der Waals surface area contributed by atoms with Crippen LogP contribution in [0.2, 0.25) is 0 Å². The summed E-state index contributed by atoms with van der Waals surface area (Å²) in [5.74, 6) is 3.84. The van der Waals surface area contributed by atoms with Crippen molar-refractivity contribution in [3.8, 4) is 11.4 Å². The number of thioether (sulfide) groups is 1. The molecule has 1 aromatic carbocycles. The van der Waals surface area contributed by atoms with Gasteiger partial charge in [0.05, 0.1) is 0 Å². The minimum atomic E-state index is -1.29. The van der Waals surface area contributed by atoms with E-state index >= 15 is 0 Å². The zero-order valence-electron chi connectivity index (χ0n) is 20.0. The molecule has 0 bridgehead atoms. The Morgan fingerprint density at radius 3 is 2.06 bits per heavy atom. The molecule has 2 N–H and O–H groups in total. The third-order valence-electron chi connectivity index (χ3n) is 4.87. The lowest BCUT2D eigenvalue weighted by molar-refractivity contribution is -0.237. The number of rotatable bonds is 8. The summed E-state index contributed by atoms with van der Waals surface area (Å²) in [5.41, 5.74) is -0.360. The van der Waals surface area contributed by atoms with Crippen LogP contribution >= 0.6 is 11.8 Å². The summed E-state index contributed by atoms with van der Waals surface area (Å²) in [5, 5.41) is 8.41. The van der Waals surface area contributed by atoms with E-state index in [0.717, 1.165) is 32.5 Å². The van der Waals surface area contributed by atoms with Gasteiger partial charge in [-0.15, -0.1) is 10.2 Å². The molecule has 0 radical (unpaired) electrons. The van der Waals surface area contributed by atoms with Crippen LogP contribution in [0.15, 0.2) is 35.5 Å². The minimum Gasteiger partial charge on any atom is -0.463 e. The lowest BCUT2D eigenvalue weighted by Crippen LogP contribution is -2.61. The van der Waals surface area contributed by atoms with Crippen molar-refractivity contribution >= 4 is 35.6 Å². The first-order chi connectivity index (χ1) is 17.1. The van der Waals surface area contributed by atoms with E-state index in [-0.39, 0.29) is 11.8 Å². The van der Waals surface area contributed by atoms with Crippen LogP contribution in [0, 0.1) is 0 Å². The number of ether oxygens (including phenoxy) is 5. The zero-order chi connectivity index (χ0) is 26.4. The largest absolute Gasteiger partial charge is 0.463 e. The fourth-order valence-corrected chi connectivity index (χ4v) is 4.57. The van der Waals surface area contributed by atoms with E-state index in [1.807, 2.05) is 18.2 Å². The Labute approximate surface area is 210 Å². The summed E-state index contributed by atoms with van der Waals surface area (Å²) in [6, 6.07) is 9.08. The highest BCUT2D eigenvalue weighted by Crippen LogP contribution is 2.37. The summed E-state index contributed by atoms with van der Waals surface area (Å²) >= 11 is 0.939. The van der Waals surface area contributed by atoms with Gasteiger partial charge in [0.2, 0.25) is 5.16 Å². The second-order valence-electron chi connectivity index (χ2n) is 7.73. The predicted molar refractivity (Wildman–Crippen MR) is 123 cm³/mol. The van der Waals surface area contributed by atoms with Crippen molar-refractivity contribution in [2.45, 2.75) is 62.7 Å². The summed E-state index contributed by atoms with van der Waals surface area (Å²) in [6.07, 6.45) is -4.85. The highest BCUT2D eigenvalue weighted by atomic mass is 32.2. The third kappa shape index (κ3) is 6.73. The number of carbonyl (C=O) groups is 4. The van der Waals surface area contributed by atoms with Crippen molar-refractivity contribution < 1.29 is 42.9 Å². The lowest BCUT2D eigenvalue weighted by Gasteiger charge is -2.43. The molecule has 1 aliphatic rings. The van der Waals surface area contributed by atoms with Crippen LogP contribution < -0.4 is 5.84 Å². The van der Waals surface area contributed by atoms with E-state index in [0.29, 0.717) is 11.4 Å². The number of aromatic nitrogens is 3. The van der Waals surface area contributed by atoms with Crippen molar-refractivity contribution in [1.29, 1.82) is 0 Å². The second kappa shape index (κ2) is 11.9. The quantitative estimate of drug-likeness (QED) is 0.294. The van der Waals surface area contributed by atoms with Gasteiger partial charge < -0.3 is 29.5 Å². The molecule has 2 aromatic rings. The fourth-order valence-electron chi connectivity index (χ4n) is 3.53. The molecule has 5 atom stereocenters. The van der Waals surface area contributed by atoms with E-state index < -0.39 is 53.7 Å². The molecule has 14 heteroatoms. The van der Waals surface area contributed by atoms with Crippen LogP contribution in [0.4, 0.5) is 0 Å². The van der Waals surface area contributed by atoms with Gasteiger partial charge in [0, 0.05) is 33.3 Å². The van der Waals surface area contributed by atoms with E-state index in [1.165, 1.54) is 11.6 Å². The monoisotopic (exact) mass is 522 g/mol. The normalized spacial score (nSPS) is 23.4. The molecule has 0 saturated carbocycles. The van der Waals surface area contributed by atoms with Gasteiger partial charge in [-0.05, 0) is 11.8 Å². The Hall–Kier alpha value is -3.65. The molecule has 1 aromatic heterocycles. The van der Waals surface area contributed by atoms with Crippen LogP contribution in [0.1, 0.15) is 27.7 Å². The average Bonchev–Trinajstić information content (AvgIpc) is 3.16. The fraction of sp³-hybridized carbons (Fsp3) is 0.455. The van der Waals surface area contributed by atoms with Crippen LogP contribution in [-0.2, 0) is 42.9 Å². The number of hydrogen-bond acceptors (Lipinski definition) is 13. The van der Waals surface area contributed by atoms with Gasteiger partial charge in [0.1, 0.15) is 12.7 Å². The maximum absolute atomic E-state index is 12.0. The lowest BCUT2D eigenvalue weighted by atomic mass is 9.99. The van der Waals surface area contributed by atoms with Gasteiger partial charge in [-0.2, -0.15) is 0 Å². The molecule has 0 amide bonds. The van der Waals surface area contributed by atoms with Crippen molar-refractivity contribution in [1.82, 2.24) is 14.9 Å². The van der Waals surface area contributed by atoms with Crippen LogP contribution in [0.5, 0.6) is 0 Å². The molecule has 0 spiro atoms. The molecule has 3 rings (SSSR count). The molecule has 1 aliphatic heterocycles. The molecule has 13 nitrogen and oxygen atoms in total. The van der Waals surface area contributed by atoms with Crippen LogP contribution in [-0.4, -0.2) is 75.2 Å². The predicted octanol–water partition coefficient (Wildman–Crippen LogP) is 0.834. The average molecular weight is 523 g/mol. The Morgan fingerprint density at radius 2 is 1.47 bits per heavy atom. The molecule has 0 aliphatic carbocycles. The van der Waals surface area contributed by atoms with Gasteiger partial charge in [-0.25, -0.2) is 4.68 Å². The van der Waals surface area contributed by atoms with E-state index in [2.05, 4.69) is 10.2 Å². The van der Waals surface area contributed by atoms with Crippen molar-refractivity contribution in [2.75, 3.05) is 12.4 Å². The topological polar surface area (TPSA) is 171 Å². The van der Waals surface area contributed by atoms with Gasteiger partial charge in [-0.3, -0.25) is 19.2 Å². The van der Waals surface area contributed by atoms with Gasteiger partial charge in [0.15, 0.2) is 29.6 Å². The zero-order valence-corrected chi connectivity index (χ0v) is 20.8. The van der Waals surface area contributed by atoms with Gasteiger partial charge >= 0.3 is 23.9 Å². The molecule has 36 heavy (non-hydrogen) atoms. The first-order valence-corrected chi connectivity index (χ1v) is 11.7. The summed E-state index contributed by atoms with van der Waals surface area (Å²) in [4.78, 5) is 47.2. The Balaban J connectivity index is 1.99. The Morgan fingerprint density at radius 1 is 0.889 bits per heavy atom.